The Morgan fingerprint density at radius 1 is 1.15 bits per heavy atom. The molecule has 0 saturated carbocycles. The number of anilines is 1. The van der Waals surface area contributed by atoms with Crippen LogP contribution in [0.2, 0.25) is 0 Å². The number of halogens is 1. The quantitative estimate of drug-likeness (QED) is 0.752. The molecule has 2 nitrogen and oxygen atoms in total. The lowest BCUT2D eigenvalue weighted by atomic mass is 10.1. The van der Waals surface area contributed by atoms with E-state index in [-0.39, 0.29) is 0 Å². The summed E-state index contributed by atoms with van der Waals surface area (Å²) >= 11 is 3.63. The summed E-state index contributed by atoms with van der Waals surface area (Å²) in [4.78, 5) is 5.17. The van der Waals surface area contributed by atoms with Gasteiger partial charge in [-0.3, -0.25) is 4.90 Å². The molecule has 2 rings (SSSR count). The van der Waals surface area contributed by atoms with Crippen LogP contribution in [0.3, 0.4) is 0 Å². The van der Waals surface area contributed by atoms with Crippen LogP contribution in [-0.2, 0) is 0 Å². The molecule has 1 unspecified atom stereocenters. The molecule has 1 aromatic carbocycles. The Morgan fingerprint density at radius 3 is 2.45 bits per heavy atom. The van der Waals surface area contributed by atoms with Crippen LogP contribution in [-0.4, -0.2) is 43.0 Å². The van der Waals surface area contributed by atoms with E-state index >= 15 is 0 Å². The van der Waals surface area contributed by atoms with E-state index in [9.17, 15) is 0 Å². The molecule has 0 N–H and O–H groups in total. The Balaban J connectivity index is 1.92. The Labute approximate surface area is 132 Å². The van der Waals surface area contributed by atoms with Crippen molar-refractivity contribution in [2.75, 3.05) is 43.0 Å². The van der Waals surface area contributed by atoms with E-state index < -0.39 is 0 Å². The number of nitrogens with zero attached hydrogens (tertiary/aromatic N) is 2. The normalized spacial score (nSPS) is 18.3. The minimum absolute atomic E-state index is 0.794. The summed E-state index contributed by atoms with van der Waals surface area (Å²) < 4.78 is 0. The van der Waals surface area contributed by atoms with Crippen LogP contribution in [0, 0.1) is 19.8 Å². The Morgan fingerprint density at radius 2 is 1.85 bits per heavy atom. The molecule has 0 spiro atoms. The van der Waals surface area contributed by atoms with Gasteiger partial charge in [-0.2, -0.15) is 0 Å². The predicted octanol–water partition coefficient (Wildman–Crippen LogP) is 3.85. The molecule has 0 aliphatic carbocycles. The second kappa shape index (κ2) is 7.46. The van der Waals surface area contributed by atoms with Gasteiger partial charge in [0, 0.05) is 43.7 Å². The van der Waals surface area contributed by atoms with Gasteiger partial charge in [0.25, 0.3) is 0 Å². The van der Waals surface area contributed by atoms with Gasteiger partial charge in [-0.05, 0) is 37.0 Å². The van der Waals surface area contributed by atoms with Crippen LogP contribution in [0.1, 0.15) is 24.5 Å². The van der Waals surface area contributed by atoms with E-state index in [0.29, 0.717) is 0 Å². The van der Waals surface area contributed by atoms with E-state index in [0.717, 1.165) is 24.3 Å². The highest BCUT2D eigenvalue weighted by atomic mass is 79.9. The van der Waals surface area contributed by atoms with Gasteiger partial charge < -0.3 is 4.90 Å². The van der Waals surface area contributed by atoms with Crippen molar-refractivity contribution in [3.8, 4) is 0 Å². The lowest BCUT2D eigenvalue weighted by Gasteiger charge is -2.38. The summed E-state index contributed by atoms with van der Waals surface area (Å²) in [6, 6.07) is 6.66. The van der Waals surface area contributed by atoms with E-state index in [1.807, 2.05) is 0 Å². The van der Waals surface area contributed by atoms with Gasteiger partial charge in [-0.25, -0.2) is 0 Å². The molecule has 0 bridgehead atoms. The van der Waals surface area contributed by atoms with E-state index in [2.05, 4.69) is 64.7 Å². The van der Waals surface area contributed by atoms with Crippen molar-refractivity contribution in [3.63, 3.8) is 0 Å². The number of hydrogen-bond donors (Lipinski definition) is 0. The highest BCUT2D eigenvalue weighted by molar-refractivity contribution is 9.09. The largest absolute Gasteiger partial charge is 0.369 e. The van der Waals surface area contributed by atoms with Crippen LogP contribution in [0.4, 0.5) is 5.69 Å². The zero-order valence-corrected chi connectivity index (χ0v) is 14.6. The summed E-state index contributed by atoms with van der Waals surface area (Å²) in [6.07, 6.45) is 1.27. The number of aryl methyl sites for hydroxylation is 1. The van der Waals surface area contributed by atoms with Crippen molar-refractivity contribution < 1.29 is 0 Å². The topological polar surface area (TPSA) is 6.48 Å². The number of benzene rings is 1. The molecular formula is C17H27BrN2. The highest BCUT2D eigenvalue weighted by Crippen LogP contribution is 2.24. The Kier molecular flexibility index (Phi) is 5.91. The maximum Gasteiger partial charge on any atom is 0.0399 e. The maximum absolute atomic E-state index is 3.63. The Bertz CT molecular complexity index is 421. The molecule has 1 heterocycles. The van der Waals surface area contributed by atoms with Crippen LogP contribution < -0.4 is 4.90 Å². The first-order valence-electron chi connectivity index (χ1n) is 7.75. The zero-order valence-electron chi connectivity index (χ0n) is 13.0. The second-order valence-corrected chi connectivity index (χ2v) is 6.58. The standard InChI is InChI=1S/C17H27BrN2/c1-4-16(12-18)13-19-8-10-20(11-9-19)17-7-5-6-14(2)15(17)3/h5-7,16H,4,8-13H2,1-3H3. The summed E-state index contributed by atoms with van der Waals surface area (Å²) in [5.41, 5.74) is 4.26. The first-order valence-corrected chi connectivity index (χ1v) is 8.87. The van der Waals surface area contributed by atoms with E-state index in [1.165, 1.54) is 42.9 Å². The molecule has 112 valence electrons. The first-order chi connectivity index (χ1) is 9.65. The molecule has 1 aliphatic rings. The number of piperazine rings is 1. The molecule has 0 amide bonds. The number of alkyl halides is 1. The van der Waals surface area contributed by atoms with Crippen molar-refractivity contribution >= 4 is 21.6 Å². The van der Waals surface area contributed by atoms with E-state index in [4.69, 9.17) is 0 Å². The van der Waals surface area contributed by atoms with Gasteiger partial charge in [-0.15, -0.1) is 0 Å². The third-order valence-corrected chi connectivity index (χ3v) is 5.52. The maximum atomic E-state index is 3.63. The fourth-order valence-electron chi connectivity index (χ4n) is 2.90. The molecule has 1 atom stereocenters. The van der Waals surface area contributed by atoms with Crippen LogP contribution in [0.5, 0.6) is 0 Å². The van der Waals surface area contributed by atoms with Crippen LogP contribution >= 0.6 is 15.9 Å². The van der Waals surface area contributed by atoms with Crippen molar-refractivity contribution in [3.05, 3.63) is 29.3 Å². The van der Waals surface area contributed by atoms with Gasteiger partial charge in [0.2, 0.25) is 0 Å². The molecular weight excluding hydrogens is 312 g/mol. The molecule has 0 aromatic heterocycles. The molecule has 1 fully saturated rings. The summed E-state index contributed by atoms with van der Waals surface area (Å²) in [5, 5.41) is 1.13. The average Bonchev–Trinajstić information content (AvgIpc) is 2.48. The van der Waals surface area contributed by atoms with Crippen molar-refractivity contribution in [2.24, 2.45) is 5.92 Å². The minimum atomic E-state index is 0.794. The molecule has 20 heavy (non-hydrogen) atoms. The average molecular weight is 339 g/mol. The van der Waals surface area contributed by atoms with Gasteiger partial charge in [0.05, 0.1) is 0 Å². The Hall–Kier alpha value is -0.540. The smallest absolute Gasteiger partial charge is 0.0399 e. The van der Waals surface area contributed by atoms with E-state index in [1.54, 1.807) is 0 Å². The molecule has 3 heteroatoms. The second-order valence-electron chi connectivity index (χ2n) is 5.94. The number of hydrogen-bond acceptors (Lipinski definition) is 2. The van der Waals surface area contributed by atoms with Crippen LogP contribution in [0.15, 0.2) is 18.2 Å². The highest BCUT2D eigenvalue weighted by Gasteiger charge is 2.20. The third-order valence-electron chi connectivity index (χ3n) is 4.60. The summed E-state index contributed by atoms with van der Waals surface area (Å²) in [6.45, 7) is 12.7. The molecule has 1 aliphatic heterocycles. The lowest BCUT2D eigenvalue weighted by molar-refractivity contribution is 0.225. The summed E-state index contributed by atoms with van der Waals surface area (Å²) in [7, 11) is 0. The van der Waals surface area contributed by atoms with Gasteiger partial charge >= 0.3 is 0 Å². The minimum Gasteiger partial charge on any atom is -0.369 e. The van der Waals surface area contributed by atoms with Gasteiger partial charge in [-0.1, -0.05) is 41.4 Å². The van der Waals surface area contributed by atoms with Crippen molar-refractivity contribution in [1.82, 2.24) is 4.90 Å². The molecule has 1 saturated heterocycles. The van der Waals surface area contributed by atoms with Crippen molar-refractivity contribution in [2.45, 2.75) is 27.2 Å². The van der Waals surface area contributed by atoms with Gasteiger partial charge in [0.1, 0.15) is 0 Å². The SMILES string of the molecule is CCC(CBr)CN1CCN(c2cccc(C)c2C)CC1. The third kappa shape index (κ3) is 3.76. The first kappa shape index (κ1) is 15.8. The molecule has 1 aromatic rings. The monoisotopic (exact) mass is 338 g/mol. The van der Waals surface area contributed by atoms with Gasteiger partial charge in [0.15, 0.2) is 0 Å². The number of rotatable bonds is 5. The van der Waals surface area contributed by atoms with Crippen LogP contribution in [0.25, 0.3) is 0 Å². The summed E-state index contributed by atoms with van der Waals surface area (Å²) in [5.74, 6) is 0.794. The fraction of sp³-hybridized carbons (Fsp3) is 0.647. The van der Waals surface area contributed by atoms with Crippen molar-refractivity contribution in [1.29, 1.82) is 0 Å². The zero-order chi connectivity index (χ0) is 14.5. The lowest BCUT2D eigenvalue weighted by Crippen LogP contribution is -2.48. The fourth-order valence-corrected chi connectivity index (χ4v) is 3.56. The predicted molar refractivity (Wildman–Crippen MR) is 92.1 cm³/mol. The molecule has 0 radical (unpaired) electrons.